The Hall–Kier alpha value is -4.37. The number of likely N-dealkylation sites (tertiary alicyclic amines) is 1. The third-order valence-electron chi connectivity index (χ3n) is 6.03. The van der Waals surface area contributed by atoms with Crippen LogP contribution in [0.1, 0.15) is 28.4 Å². The first kappa shape index (κ1) is 24.7. The number of benzene rings is 3. The van der Waals surface area contributed by atoms with E-state index in [1.54, 1.807) is 12.1 Å². The average Bonchev–Trinajstić information content (AvgIpc) is 3.33. The summed E-state index contributed by atoms with van der Waals surface area (Å²) in [5.74, 6) is -1.45. The molecule has 0 saturated carbocycles. The van der Waals surface area contributed by atoms with Crippen molar-refractivity contribution < 1.29 is 29.7 Å². The van der Waals surface area contributed by atoms with E-state index in [-0.39, 0.29) is 36.9 Å². The van der Waals surface area contributed by atoms with Crippen LogP contribution in [0, 0.1) is 0 Å². The first-order valence-corrected chi connectivity index (χ1v) is 11.4. The number of hydrogen-bond donors (Lipinski definition) is 4. The summed E-state index contributed by atoms with van der Waals surface area (Å²) in [5, 5.41) is 36.1. The lowest BCUT2D eigenvalue weighted by atomic mass is 10.0. The van der Waals surface area contributed by atoms with Crippen LogP contribution in [-0.2, 0) is 9.63 Å². The van der Waals surface area contributed by atoms with Crippen LogP contribution in [-0.4, -0.2) is 64.0 Å². The number of amides is 2. The Labute approximate surface area is 208 Å². The van der Waals surface area contributed by atoms with Gasteiger partial charge in [-0.3, -0.25) is 9.59 Å². The predicted molar refractivity (Wildman–Crippen MR) is 134 cm³/mol. The van der Waals surface area contributed by atoms with Crippen molar-refractivity contribution in [3.63, 3.8) is 0 Å². The molecule has 186 valence electrons. The number of nitrogens with zero attached hydrogens (tertiary/aromatic N) is 2. The van der Waals surface area contributed by atoms with E-state index in [1.165, 1.54) is 30.2 Å². The molecule has 2 atom stereocenters. The van der Waals surface area contributed by atoms with Crippen molar-refractivity contribution in [3.05, 3.63) is 83.9 Å². The van der Waals surface area contributed by atoms with Gasteiger partial charge >= 0.3 is 0 Å². The van der Waals surface area contributed by atoms with Gasteiger partial charge in [0.25, 0.3) is 5.91 Å². The zero-order valence-corrected chi connectivity index (χ0v) is 19.7. The summed E-state index contributed by atoms with van der Waals surface area (Å²) in [5.41, 5.74) is 3.32. The highest BCUT2D eigenvalue weighted by atomic mass is 16.6. The molecule has 1 fully saturated rings. The van der Waals surface area contributed by atoms with Crippen LogP contribution < -0.4 is 5.32 Å². The minimum absolute atomic E-state index is 0.138. The van der Waals surface area contributed by atoms with Crippen LogP contribution in [0.4, 0.5) is 0 Å². The standard InChI is InChI=1S/C27H27N3O6/c1-36-29-21-14-22(26(34)28-15-25(33)20-11-12-23(31)24(32)13-20)30(16-21)27(35)19-9-7-18(8-10-19)17-5-3-2-4-6-17/h2-13,22,25,31-33H,14-16H2,1H3,(H,28,34)/t22-,25?/m0/s1. The second kappa shape index (κ2) is 10.9. The van der Waals surface area contributed by atoms with Gasteiger partial charge in [0.2, 0.25) is 5.91 Å². The van der Waals surface area contributed by atoms with Gasteiger partial charge in [-0.15, -0.1) is 0 Å². The molecule has 1 aliphatic heterocycles. The summed E-state index contributed by atoms with van der Waals surface area (Å²) >= 11 is 0. The maximum atomic E-state index is 13.3. The van der Waals surface area contributed by atoms with Crippen LogP contribution in [0.15, 0.2) is 78.0 Å². The number of carbonyl (C=O) groups is 2. The van der Waals surface area contributed by atoms with Gasteiger partial charge < -0.3 is 30.4 Å². The van der Waals surface area contributed by atoms with Crippen molar-refractivity contribution >= 4 is 17.5 Å². The second-order valence-electron chi connectivity index (χ2n) is 8.45. The Balaban J connectivity index is 1.47. The van der Waals surface area contributed by atoms with Crippen LogP contribution in [0.5, 0.6) is 11.5 Å². The quantitative estimate of drug-likeness (QED) is 0.298. The number of carbonyl (C=O) groups excluding carboxylic acids is 2. The molecule has 0 aliphatic carbocycles. The molecule has 9 heteroatoms. The Morgan fingerprint density at radius 1 is 1.03 bits per heavy atom. The zero-order chi connectivity index (χ0) is 25.7. The van der Waals surface area contributed by atoms with E-state index in [1.807, 2.05) is 42.5 Å². The highest BCUT2D eigenvalue weighted by Crippen LogP contribution is 2.28. The van der Waals surface area contributed by atoms with Crippen molar-refractivity contribution in [1.29, 1.82) is 0 Å². The van der Waals surface area contributed by atoms with Gasteiger partial charge in [-0.05, 0) is 41.0 Å². The molecule has 1 saturated heterocycles. The fraction of sp³-hybridized carbons (Fsp3) is 0.222. The summed E-state index contributed by atoms with van der Waals surface area (Å²) < 4.78 is 0. The largest absolute Gasteiger partial charge is 0.504 e. The molecule has 36 heavy (non-hydrogen) atoms. The molecule has 1 unspecified atom stereocenters. The molecule has 3 aromatic rings. The number of aromatic hydroxyl groups is 2. The number of nitrogens with one attached hydrogen (secondary N) is 1. The summed E-state index contributed by atoms with van der Waals surface area (Å²) in [6, 6.07) is 20.1. The van der Waals surface area contributed by atoms with Gasteiger partial charge in [-0.1, -0.05) is 53.7 Å². The number of hydrogen-bond acceptors (Lipinski definition) is 7. The second-order valence-corrected chi connectivity index (χ2v) is 8.45. The highest BCUT2D eigenvalue weighted by Gasteiger charge is 2.38. The van der Waals surface area contributed by atoms with E-state index in [0.717, 1.165) is 11.1 Å². The smallest absolute Gasteiger partial charge is 0.254 e. The lowest BCUT2D eigenvalue weighted by Crippen LogP contribution is -2.46. The van der Waals surface area contributed by atoms with Crippen LogP contribution >= 0.6 is 0 Å². The molecule has 0 radical (unpaired) electrons. The number of rotatable bonds is 7. The zero-order valence-electron chi connectivity index (χ0n) is 19.7. The van der Waals surface area contributed by atoms with E-state index in [0.29, 0.717) is 16.8 Å². The van der Waals surface area contributed by atoms with E-state index in [2.05, 4.69) is 10.5 Å². The van der Waals surface area contributed by atoms with Gasteiger partial charge in [-0.2, -0.15) is 0 Å². The fourth-order valence-electron chi connectivity index (χ4n) is 4.13. The van der Waals surface area contributed by atoms with Crippen LogP contribution in [0.25, 0.3) is 11.1 Å². The first-order valence-electron chi connectivity index (χ1n) is 11.4. The molecule has 0 bridgehead atoms. The Bertz CT molecular complexity index is 1260. The predicted octanol–water partition coefficient (Wildman–Crippen LogP) is 2.83. The van der Waals surface area contributed by atoms with Crippen molar-refractivity contribution in [2.75, 3.05) is 20.2 Å². The Morgan fingerprint density at radius 2 is 1.72 bits per heavy atom. The molecule has 2 amide bonds. The van der Waals surface area contributed by atoms with E-state index in [4.69, 9.17) is 4.84 Å². The lowest BCUT2D eigenvalue weighted by Gasteiger charge is -2.24. The third kappa shape index (κ3) is 5.47. The molecule has 9 nitrogen and oxygen atoms in total. The lowest BCUT2D eigenvalue weighted by molar-refractivity contribution is -0.125. The Morgan fingerprint density at radius 3 is 2.39 bits per heavy atom. The molecule has 3 aromatic carbocycles. The number of phenols is 2. The molecule has 0 aromatic heterocycles. The van der Waals surface area contributed by atoms with Gasteiger partial charge in [0.15, 0.2) is 11.5 Å². The molecule has 4 rings (SSSR count). The average molecular weight is 490 g/mol. The van der Waals surface area contributed by atoms with Crippen molar-refractivity contribution in [2.45, 2.75) is 18.6 Å². The molecule has 0 spiro atoms. The summed E-state index contributed by atoms with van der Waals surface area (Å²) in [6.45, 7) is -0.0102. The highest BCUT2D eigenvalue weighted by molar-refractivity contribution is 6.05. The Kier molecular flexibility index (Phi) is 7.50. The summed E-state index contributed by atoms with van der Waals surface area (Å²) in [6.07, 6.45) is -0.924. The number of aliphatic hydroxyl groups excluding tert-OH is 1. The molecular weight excluding hydrogens is 462 g/mol. The van der Waals surface area contributed by atoms with E-state index < -0.39 is 18.1 Å². The van der Waals surface area contributed by atoms with Crippen LogP contribution in [0.3, 0.4) is 0 Å². The van der Waals surface area contributed by atoms with Crippen molar-refractivity contribution in [3.8, 4) is 22.6 Å². The minimum Gasteiger partial charge on any atom is -0.504 e. The SMILES string of the molecule is CON=C1C[C@@H](C(=O)NCC(O)c2ccc(O)c(O)c2)N(C(=O)c2ccc(-c3ccccc3)cc2)C1. The van der Waals surface area contributed by atoms with E-state index in [9.17, 15) is 24.9 Å². The molecular formula is C27H27N3O6. The maximum Gasteiger partial charge on any atom is 0.254 e. The normalized spacial score (nSPS) is 17.1. The van der Waals surface area contributed by atoms with Gasteiger partial charge in [0, 0.05) is 18.5 Å². The maximum absolute atomic E-state index is 13.3. The fourth-order valence-corrected chi connectivity index (χ4v) is 4.13. The number of oxime groups is 1. The third-order valence-corrected chi connectivity index (χ3v) is 6.03. The van der Waals surface area contributed by atoms with Gasteiger partial charge in [0.05, 0.1) is 18.4 Å². The number of phenolic OH excluding ortho intramolecular Hbond substituents is 2. The van der Waals surface area contributed by atoms with E-state index >= 15 is 0 Å². The van der Waals surface area contributed by atoms with Crippen molar-refractivity contribution in [2.24, 2.45) is 5.16 Å². The monoisotopic (exact) mass is 489 g/mol. The van der Waals surface area contributed by atoms with Crippen LogP contribution in [0.2, 0.25) is 0 Å². The minimum atomic E-state index is -1.12. The van der Waals surface area contributed by atoms with Gasteiger partial charge in [-0.25, -0.2) is 0 Å². The molecule has 4 N–H and O–H groups in total. The first-order chi connectivity index (χ1) is 17.4. The number of aliphatic hydroxyl groups is 1. The molecule has 1 heterocycles. The molecule has 1 aliphatic rings. The van der Waals surface area contributed by atoms with Crippen molar-refractivity contribution in [1.82, 2.24) is 10.2 Å². The topological polar surface area (TPSA) is 132 Å². The van der Waals surface area contributed by atoms with Gasteiger partial charge in [0.1, 0.15) is 13.2 Å². The summed E-state index contributed by atoms with van der Waals surface area (Å²) in [7, 11) is 1.40. The summed E-state index contributed by atoms with van der Waals surface area (Å²) in [4.78, 5) is 32.7.